The molecule has 32 heavy (non-hydrogen) atoms. The molecule has 0 radical (unpaired) electrons. The van der Waals surface area contributed by atoms with Gasteiger partial charge in [0.05, 0.1) is 19.8 Å². The number of para-hydroxylation sites is 1. The van der Waals surface area contributed by atoms with Crippen molar-refractivity contribution in [3.8, 4) is 5.75 Å². The summed E-state index contributed by atoms with van der Waals surface area (Å²) >= 11 is 0. The van der Waals surface area contributed by atoms with Gasteiger partial charge in [-0.3, -0.25) is 14.6 Å². The number of carbonyl (C=O) groups is 1. The van der Waals surface area contributed by atoms with Gasteiger partial charge in [0.2, 0.25) is 5.91 Å². The van der Waals surface area contributed by atoms with Crippen molar-refractivity contribution in [1.29, 1.82) is 0 Å². The third kappa shape index (κ3) is 6.31. The molecule has 2 fully saturated rings. The van der Waals surface area contributed by atoms with E-state index >= 15 is 0 Å². The van der Waals surface area contributed by atoms with Gasteiger partial charge in [0.15, 0.2) is 0 Å². The first kappa shape index (κ1) is 22.8. The first-order valence-electron chi connectivity index (χ1n) is 11.7. The molecule has 0 spiro atoms. The smallest absolute Gasteiger partial charge is 0.238 e. The minimum absolute atomic E-state index is 0.0417. The van der Waals surface area contributed by atoms with Gasteiger partial charge in [0.25, 0.3) is 0 Å². The molecule has 0 atom stereocenters. The van der Waals surface area contributed by atoms with E-state index in [1.165, 1.54) is 16.7 Å². The number of amides is 1. The molecule has 2 aliphatic rings. The zero-order valence-corrected chi connectivity index (χ0v) is 19.3. The number of hydrogen-bond donors (Lipinski definition) is 1. The van der Waals surface area contributed by atoms with Gasteiger partial charge in [-0.25, -0.2) is 0 Å². The Morgan fingerprint density at radius 3 is 2.28 bits per heavy atom. The Kier molecular flexibility index (Phi) is 7.79. The molecule has 6 heteroatoms. The SMILES string of the molecule is Cc1cccc(C)c1OC1CCN(CC(=O)Nc2ccc(CN3CCOCC3)cc2)CC1. The minimum Gasteiger partial charge on any atom is -0.490 e. The Bertz CT molecular complexity index is 865. The number of carbonyl (C=O) groups excluding carboxylic acids is 1. The van der Waals surface area contributed by atoms with Crippen LogP contribution in [0.2, 0.25) is 0 Å². The topological polar surface area (TPSA) is 54.0 Å². The van der Waals surface area contributed by atoms with Crippen LogP contribution in [-0.4, -0.2) is 67.7 Å². The van der Waals surface area contributed by atoms with Gasteiger partial charge in [-0.05, 0) is 55.5 Å². The number of benzene rings is 2. The van der Waals surface area contributed by atoms with Crippen molar-refractivity contribution in [3.05, 3.63) is 59.2 Å². The fraction of sp³-hybridized carbons (Fsp3) is 0.500. The van der Waals surface area contributed by atoms with Crippen LogP contribution in [0, 0.1) is 13.8 Å². The van der Waals surface area contributed by atoms with Crippen molar-refractivity contribution in [2.75, 3.05) is 51.3 Å². The van der Waals surface area contributed by atoms with Crippen LogP contribution in [0.1, 0.15) is 29.5 Å². The van der Waals surface area contributed by atoms with Gasteiger partial charge in [-0.2, -0.15) is 0 Å². The van der Waals surface area contributed by atoms with Gasteiger partial charge in [-0.15, -0.1) is 0 Å². The number of nitrogens with zero attached hydrogens (tertiary/aromatic N) is 2. The third-order valence-corrected chi connectivity index (χ3v) is 6.34. The molecule has 2 heterocycles. The highest BCUT2D eigenvalue weighted by atomic mass is 16.5. The molecule has 6 nitrogen and oxygen atoms in total. The Morgan fingerprint density at radius 2 is 1.62 bits per heavy atom. The molecule has 4 rings (SSSR count). The van der Waals surface area contributed by atoms with Crippen molar-refractivity contribution < 1.29 is 14.3 Å². The number of anilines is 1. The maximum Gasteiger partial charge on any atom is 0.238 e. The van der Waals surface area contributed by atoms with Gasteiger partial charge >= 0.3 is 0 Å². The Morgan fingerprint density at radius 1 is 0.969 bits per heavy atom. The molecular weight excluding hydrogens is 402 g/mol. The molecule has 2 saturated heterocycles. The Balaban J connectivity index is 1.19. The summed E-state index contributed by atoms with van der Waals surface area (Å²) in [5, 5.41) is 3.04. The van der Waals surface area contributed by atoms with E-state index in [0.717, 1.165) is 70.2 Å². The number of aryl methyl sites for hydroxylation is 2. The molecule has 0 aliphatic carbocycles. The monoisotopic (exact) mass is 437 g/mol. The summed E-state index contributed by atoms with van der Waals surface area (Å²) in [4.78, 5) is 17.1. The average Bonchev–Trinajstić information content (AvgIpc) is 2.79. The molecule has 0 saturated carbocycles. The van der Waals surface area contributed by atoms with Crippen LogP contribution in [0.3, 0.4) is 0 Å². The maximum atomic E-state index is 12.5. The average molecular weight is 438 g/mol. The van der Waals surface area contributed by atoms with Crippen molar-refractivity contribution in [2.45, 2.75) is 39.3 Å². The number of rotatable bonds is 7. The van der Waals surface area contributed by atoms with E-state index in [-0.39, 0.29) is 12.0 Å². The molecule has 0 bridgehead atoms. The number of nitrogens with one attached hydrogen (secondary N) is 1. The van der Waals surface area contributed by atoms with Gasteiger partial charge < -0.3 is 14.8 Å². The quantitative estimate of drug-likeness (QED) is 0.717. The minimum atomic E-state index is 0.0417. The summed E-state index contributed by atoms with van der Waals surface area (Å²) in [7, 11) is 0. The van der Waals surface area contributed by atoms with Gasteiger partial charge in [0.1, 0.15) is 11.9 Å². The second kappa shape index (κ2) is 10.9. The number of piperidine rings is 1. The van der Waals surface area contributed by atoms with Crippen LogP contribution in [0.5, 0.6) is 5.75 Å². The number of morpholine rings is 1. The van der Waals surface area contributed by atoms with Crippen LogP contribution in [0.15, 0.2) is 42.5 Å². The zero-order valence-electron chi connectivity index (χ0n) is 19.3. The molecule has 172 valence electrons. The molecule has 2 aromatic carbocycles. The summed E-state index contributed by atoms with van der Waals surface area (Å²) in [6.07, 6.45) is 2.10. The van der Waals surface area contributed by atoms with E-state index in [2.05, 4.69) is 59.3 Å². The van der Waals surface area contributed by atoms with E-state index in [1.54, 1.807) is 0 Å². The van der Waals surface area contributed by atoms with Crippen molar-refractivity contribution in [3.63, 3.8) is 0 Å². The van der Waals surface area contributed by atoms with E-state index in [9.17, 15) is 4.79 Å². The number of hydrogen-bond acceptors (Lipinski definition) is 5. The predicted octanol–water partition coefficient (Wildman–Crippen LogP) is 3.62. The van der Waals surface area contributed by atoms with Crippen molar-refractivity contribution >= 4 is 11.6 Å². The summed E-state index contributed by atoms with van der Waals surface area (Å²) in [6.45, 7) is 10.9. The standard InChI is InChI=1S/C26H35N3O3/c1-20-4-3-5-21(2)26(20)32-24-10-12-28(13-11-24)19-25(30)27-23-8-6-22(7-9-23)18-29-14-16-31-17-15-29/h3-9,24H,10-19H2,1-2H3,(H,27,30). The van der Waals surface area contributed by atoms with E-state index in [0.29, 0.717) is 6.54 Å². The van der Waals surface area contributed by atoms with Crippen LogP contribution in [0.4, 0.5) is 5.69 Å². The largest absolute Gasteiger partial charge is 0.490 e. The molecule has 0 unspecified atom stereocenters. The first-order valence-corrected chi connectivity index (χ1v) is 11.7. The van der Waals surface area contributed by atoms with Crippen molar-refractivity contribution in [2.24, 2.45) is 0 Å². The molecule has 2 aromatic rings. The molecule has 0 aromatic heterocycles. The highest BCUT2D eigenvalue weighted by Gasteiger charge is 2.23. The first-order chi connectivity index (χ1) is 15.6. The fourth-order valence-corrected chi connectivity index (χ4v) is 4.45. The highest BCUT2D eigenvalue weighted by molar-refractivity contribution is 5.92. The van der Waals surface area contributed by atoms with Crippen LogP contribution in [0.25, 0.3) is 0 Å². The summed E-state index contributed by atoms with van der Waals surface area (Å²) < 4.78 is 11.7. The lowest BCUT2D eigenvalue weighted by Gasteiger charge is -2.32. The molecule has 1 N–H and O–H groups in total. The van der Waals surface area contributed by atoms with Crippen LogP contribution in [-0.2, 0) is 16.1 Å². The van der Waals surface area contributed by atoms with E-state index in [4.69, 9.17) is 9.47 Å². The highest BCUT2D eigenvalue weighted by Crippen LogP contribution is 2.26. The van der Waals surface area contributed by atoms with E-state index in [1.807, 2.05) is 12.1 Å². The lowest BCUT2D eigenvalue weighted by atomic mass is 10.1. The van der Waals surface area contributed by atoms with Crippen molar-refractivity contribution in [1.82, 2.24) is 9.80 Å². The summed E-state index contributed by atoms with van der Waals surface area (Å²) in [5.74, 6) is 1.06. The lowest BCUT2D eigenvalue weighted by molar-refractivity contribution is -0.117. The lowest BCUT2D eigenvalue weighted by Crippen LogP contribution is -2.42. The number of ether oxygens (including phenoxy) is 2. The van der Waals surface area contributed by atoms with Gasteiger partial charge in [-0.1, -0.05) is 30.3 Å². The number of likely N-dealkylation sites (tertiary alicyclic amines) is 1. The molecular formula is C26H35N3O3. The van der Waals surface area contributed by atoms with E-state index < -0.39 is 0 Å². The summed E-state index contributed by atoms with van der Waals surface area (Å²) in [6, 6.07) is 14.4. The zero-order chi connectivity index (χ0) is 22.3. The Labute approximate surface area is 191 Å². The summed E-state index contributed by atoms with van der Waals surface area (Å²) in [5.41, 5.74) is 4.48. The second-order valence-electron chi connectivity index (χ2n) is 8.95. The molecule has 1 amide bonds. The Hall–Kier alpha value is -2.41. The third-order valence-electron chi connectivity index (χ3n) is 6.34. The fourth-order valence-electron chi connectivity index (χ4n) is 4.45. The normalized spacial score (nSPS) is 18.4. The predicted molar refractivity (Wildman–Crippen MR) is 127 cm³/mol. The second-order valence-corrected chi connectivity index (χ2v) is 8.95. The van der Waals surface area contributed by atoms with Crippen LogP contribution >= 0.6 is 0 Å². The van der Waals surface area contributed by atoms with Gasteiger partial charge in [0, 0.05) is 38.4 Å². The molecule has 2 aliphatic heterocycles. The maximum absolute atomic E-state index is 12.5. The van der Waals surface area contributed by atoms with Crippen LogP contribution < -0.4 is 10.1 Å².